The molecule has 1 aromatic heterocycles. The Morgan fingerprint density at radius 2 is 1.76 bits per heavy atom. The molecule has 0 aliphatic heterocycles. The molecular formula is C17H28N4O3S. The molecule has 0 radical (unpaired) electrons. The van der Waals surface area contributed by atoms with Crippen LogP contribution in [0.4, 0.5) is 0 Å². The van der Waals surface area contributed by atoms with Gasteiger partial charge in [-0.2, -0.15) is 0 Å². The second kappa shape index (κ2) is 8.16. The molecule has 25 heavy (non-hydrogen) atoms. The smallest absolute Gasteiger partial charge is 0.306 e. The fraction of sp³-hybridized carbons (Fsp3) is 0.588. The Kier molecular flexibility index (Phi) is 6.42. The molecule has 1 aromatic carbocycles. The van der Waals surface area contributed by atoms with Crippen LogP contribution in [-0.2, 0) is 10.0 Å². The molecule has 2 rings (SSSR count). The SMILES string of the molecule is CCN(CC)CCC[C@@H](C)NS(=O)(=O)c1cc2[nH]c(=O)[nH]c2cc1C. The quantitative estimate of drug-likeness (QED) is 0.630. The number of hydrogen-bond acceptors (Lipinski definition) is 4. The summed E-state index contributed by atoms with van der Waals surface area (Å²) in [4.78, 5) is 19.1. The van der Waals surface area contributed by atoms with E-state index in [2.05, 4.69) is 33.4 Å². The number of benzene rings is 1. The highest BCUT2D eigenvalue weighted by molar-refractivity contribution is 7.89. The van der Waals surface area contributed by atoms with Gasteiger partial charge in [-0.1, -0.05) is 13.8 Å². The molecule has 3 N–H and O–H groups in total. The van der Waals surface area contributed by atoms with E-state index < -0.39 is 10.0 Å². The zero-order valence-electron chi connectivity index (χ0n) is 15.3. The zero-order chi connectivity index (χ0) is 18.6. The molecule has 0 unspecified atom stereocenters. The second-order valence-electron chi connectivity index (χ2n) is 6.43. The molecule has 0 amide bonds. The molecule has 0 saturated carbocycles. The highest BCUT2D eigenvalue weighted by Gasteiger charge is 2.20. The fourth-order valence-electron chi connectivity index (χ4n) is 3.01. The number of nitrogens with zero attached hydrogens (tertiary/aromatic N) is 1. The van der Waals surface area contributed by atoms with Gasteiger partial charge in [-0.3, -0.25) is 0 Å². The van der Waals surface area contributed by atoms with Crippen LogP contribution in [-0.4, -0.2) is 49.0 Å². The maximum atomic E-state index is 12.7. The predicted octanol–water partition coefficient (Wildman–Crippen LogP) is 1.95. The Hall–Kier alpha value is -1.64. The lowest BCUT2D eigenvalue weighted by Crippen LogP contribution is -2.34. The van der Waals surface area contributed by atoms with Gasteiger partial charge in [-0.15, -0.1) is 0 Å². The van der Waals surface area contributed by atoms with Crippen molar-refractivity contribution < 1.29 is 8.42 Å². The van der Waals surface area contributed by atoms with E-state index in [0.29, 0.717) is 16.6 Å². The first-order chi connectivity index (χ1) is 11.8. The lowest BCUT2D eigenvalue weighted by Gasteiger charge is -2.20. The minimum atomic E-state index is -3.63. The molecule has 1 heterocycles. The van der Waals surface area contributed by atoms with Crippen molar-refractivity contribution in [3.05, 3.63) is 28.2 Å². The lowest BCUT2D eigenvalue weighted by atomic mass is 10.2. The highest BCUT2D eigenvalue weighted by atomic mass is 32.2. The van der Waals surface area contributed by atoms with E-state index in [0.717, 1.165) is 32.5 Å². The molecule has 0 bridgehead atoms. The second-order valence-corrected chi connectivity index (χ2v) is 8.12. The number of aromatic nitrogens is 2. The van der Waals surface area contributed by atoms with Crippen LogP contribution in [0.2, 0.25) is 0 Å². The van der Waals surface area contributed by atoms with Crippen molar-refractivity contribution in [3.8, 4) is 0 Å². The first kappa shape index (κ1) is 19.7. The molecule has 0 spiro atoms. The molecular weight excluding hydrogens is 340 g/mol. The van der Waals surface area contributed by atoms with Gasteiger partial charge in [0, 0.05) is 6.04 Å². The summed E-state index contributed by atoms with van der Waals surface area (Å²) in [6.07, 6.45) is 1.71. The monoisotopic (exact) mass is 368 g/mol. The van der Waals surface area contributed by atoms with Crippen molar-refractivity contribution in [1.29, 1.82) is 0 Å². The Balaban J connectivity index is 2.08. The van der Waals surface area contributed by atoms with Gasteiger partial charge >= 0.3 is 5.69 Å². The summed E-state index contributed by atoms with van der Waals surface area (Å²) in [7, 11) is -3.63. The third-order valence-electron chi connectivity index (χ3n) is 4.46. The lowest BCUT2D eigenvalue weighted by molar-refractivity contribution is 0.293. The number of sulfonamides is 1. The first-order valence-corrected chi connectivity index (χ1v) is 10.2. The number of imidazole rings is 1. The molecule has 8 heteroatoms. The van der Waals surface area contributed by atoms with Crippen LogP contribution in [0.5, 0.6) is 0 Å². The Labute approximate surface area is 148 Å². The minimum absolute atomic E-state index is 0.152. The van der Waals surface area contributed by atoms with E-state index in [4.69, 9.17) is 0 Å². The zero-order valence-corrected chi connectivity index (χ0v) is 16.2. The first-order valence-electron chi connectivity index (χ1n) is 8.74. The van der Waals surface area contributed by atoms with Crippen LogP contribution in [0.3, 0.4) is 0 Å². The topological polar surface area (TPSA) is 98.1 Å². The van der Waals surface area contributed by atoms with Gasteiger partial charge in [0.2, 0.25) is 10.0 Å². The van der Waals surface area contributed by atoms with Crippen molar-refractivity contribution >= 4 is 21.1 Å². The highest BCUT2D eigenvalue weighted by Crippen LogP contribution is 2.20. The average Bonchev–Trinajstić information content (AvgIpc) is 2.89. The van der Waals surface area contributed by atoms with Crippen LogP contribution in [0.25, 0.3) is 11.0 Å². The summed E-state index contributed by atoms with van der Waals surface area (Å²) >= 11 is 0. The van der Waals surface area contributed by atoms with Crippen molar-refractivity contribution in [2.45, 2.75) is 51.5 Å². The van der Waals surface area contributed by atoms with Crippen molar-refractivity contribution in [2.75, 3.05) is 19.6 Å². The van der Waals surface area contributed by atoms with Gasteiger partial charge in [0.05, 0.1) is 15.9 Å². The van der Waals surface area contributed by atoms with Crippen LogP contribution in [0.15, 0.2) is 21.8 Å². The van der Waals surface area contributed by atoms with E-state index in [1.54, 1.807) is 13.0 Å². The summed E-state index contributed by atoms with van der Waals surface area (Å²) in [5.74, 6) is 0. The number of hydrogen-bond donors (Lipinski definition) is 3. The largest absolute Gasteiger partial charge is 0.323 e. The van der Waals surface area contributed by atoms with Crippen LogP contribution in [0.1, 0.15) is 39.2 Å². The van der Waals surface area contributed by atoms with Gasteiger partial charge < -0.3 is 14.9 Å². The number of aryl methyl sites for hydroxylation is 1. The molecule has 0 aliphatic rings. The molecule has 2 aromatic rings. The Morgan fingerprint density at radius 1 is 1.16 bits per heavy atom. The number of H-pyrrole nitrogens is 2. The summed E-state index contributed by atoms with van der Waals surface area (Å²) < 4.78 is 28.1. The van der Waals surface area contributed by atoms with E-state index in [1.807, 2.05) is 6.92 Å². The van der Waals surface area contributed by atoms with Crippen molar-refractivity contribution in [1.82, 2.24) is 19.6 Å². The van der Waals surface area contributed by atoms with Gasteiger partial charge in [-0.05, 0) is 64.0 Å². The fourth-order valence-corrected chi connectivity index (χ4v) is 4.54. The third kappa shape index (κ3) is 4.93. The number of nitrogens with one attached hydrogen (secondary N) is 3. The summed E-state index contributed by atoms with van der Waals surface area (Å²) in [6.45, 7) is 10.8. The summed E-state index contributed by atoms with van der Waals surface area (Å²) in [6, 6.07) is 3.03. The maximum absolute atomic E-state index is 12.7. The normalized spacial score (nSPS) is 13.6. The maximum Gasteiger partial charge on any atom is 0.323 e. The van der Waals surface area contributed by atoms with E-state index in [9.17, 15) is 13.2 Å². The van der Waals surface area contributed by atoms with Crippen LogP contribution < -0.4 is 10.4 Å². The van der Waals surface area contributed by atoms with Gasteiger partial charge in [-0.25, -0.2) is 17.9 Å². The third-order valence-corrected chi connectivity index (χ3v) is 6.19. The van der Waals surface area contributed by atoms with Crippen LogP contribution in [0, 0.1) is 6.92 Å². The summed E-state index contributed by atoms with van der Waals surface area (Å²) in [5, 5.41) is 0. The molecule has 7 nitrogen and oxygen atoms in total. The van der Waals surface area contributed by atoms with Gasteiger partial charge in [0.1, 0.15) is 0 Å². The summed E-state index contributed by atoms with van der Waals surface area (Å²) in [5.41, 5.74) is 1.35. The molecule has 0 fully saturated rings. The molecule has 0 aliphatic carbocycles. The standard InChI is InChI=1S/C17H28N4O3S/c1-5-21(6-2)9-7-8-13(4)20-25(23,24)16-11-15-14(10-12(16)3)18-17(22)19-15/h10-11,13,20H,5-9H2,1-4H3,(H2,18,19,22)/t13-/m1/s1. The predicted molar refractivity (Wildman–Crippen MR) is 100 cm³/mol. The molecule has 1 atom stereocenters. The minimum Gasteiger partial charge on any atom is -0.306 e. The Morgan fingerprint density at radius 3 is 2.36 bits per heavy atom. The molecule has 140 valence electrons. The van der Waals surface area contributed by atoms with Gasteiger partial charge in [0.25, 0.3) is 0 Å². The number of fused-ring (bicyclic) bond motifs is 1. The molecule has 0 saturated heterocycles. The van der Waals surface area contributed by atoms with Crippen molar-refractivity contribution in [3.63, 3.8) is 0 Å². The van der Waals surface area contributed by atoms with E-state index in [1.165, 1.54) is 6.07 Å². The van der Waals surface area contributed by atoms with Gasteiger partial charge in [0.15, 0.2) is 0 Å². The Bertz CT molecular complexity index is 866. The van der Waals surface area contributed by atoms with Crippen molar-refractivity contribution in [2.24, 2.45) is 0 Å². The van der Waals surface area contributed by atoms with Crippen LogP contribution >= 0.6 is 0 Å². The van der Waals surface area contributed by atoms with E-state index >= 15 is 0 Å². The van der Waals surface area contributed by atoms with E-state index in [-0.39, 0.29) is 16.6 Å². The number of aromatic amines is 2. The number of rotatable bonds is 9. The average molecular weight is 369 g/mol.